The molecule has 5 nitrogen and oxygen atoms in total. The van der Waals surface area contributed by atoms with Gasteiger partial charge in [0.25, 0.3) is 5.91 Å². The van der Waals surface area contributed by atoms with E-state index in [1.165, 1.54) is 17.0 Å². The maximum atomic E-state index is 13.1. The van der Waals surface area contributed by atoms with Crippen molar-refractivity contribution in [2.24, 2.45) is 0 Å². The van der Waals surface area contributed by atoms with Crippen LogP contribution in [-0.4, -0.2) is 48.3 Å². The van der Waals surface area contributed by atoms with Crippen molar-refractivity contribution in [3.05, 3.63) is 65.5 Å². The zero-order chi connectivity index (χ0) is 19.4. The fourth-order valence-corrected chi connectivity index (χ4v) is 2.95. The molecule has 0 aromatic heterocycles. The number of hydrogen-bond acceptors (Lipinski definition) is 3. The van der Waals surface area contributed by atoms with Gasteiger partial charge in [0, 0.05) is 37.9 Å². The Morgan fingerprint density at radius 2 is 1.81 bits per heavy atom. The first-order valence-electron chi connectivity index (χ1n) is 9.02. The molecule has 0 unspecified atom stereocenters. The molecule has 2 amide bonds. The minimum absolute atomic E-state index is 0.109. The Hall–Kier alpha value is -2.73. The monoisotopic (exact) mass is 369 g/mol. The van der Waals surface area contributed by atoms with Crippen LogP contribution in [0, 0.1) is 5.82 Å². The van der Waals surface area contributed by atoms with Crippen molar-refractivity contribution in [3.63, 3.8) is 0 Å². The van der Waals surface area contributed by atoms with E-state index >= 15 is 0 Å². The normalized spacial score (nSPS) is 13.5. The van der Waals surface area contributed by atoms with E-state index in [1.54, 1.807) is 50.5 Å². The molecular formula is C21H24FN3O2. The molecule has 0 radical (unpaired) electrons. The predicted octanol–water partition coefficient (Wildman–Crippen LogP) is 3.13. The van der Waals surface area contributed by atoms with Crippen LogP contribution in [0.1, 0.15) is 28.8 Å². The van der Waals surface area contributed by atoms with Crippen molar-refractivity contribution >= 4 is 17.5 Å². The molecule has 3 rings (SSSR count). The van der Waals surface area contributed by atoms with Gasteiger partial charge >= 0.3 is 0 Å². The number of halogens is 1. The van der Waals surface area contributed by atoms with Crippen LogP contribution in [0.25, 0.3) is 0 Å². The third-order valence-electron chi connectivity index (χ3n) is 4.51. The molecule has 0 aliphatic heterocycles. The number of rotatable bonds is 7. The standard InChI is InChI=1S/C21H24FN3O2/c1-24(2)21(27)16-4-3-5-18(12-16)23-20(26)14-25(19-10-11-19)13-15-6-8-17(22)9-7-15/h3-9,12,19H,10-11,13-14H2,1-2H3,(H,23,26). The van der Waals surface area contributed by atoms with E-state index in [4.69, 9.17) is 0 Å². The fraction of sp³-hybridized carbons (Fsp3) is 0.333. The Kier molecular flexibility index (Phi) is 5.86. The Balaban J connectivity index is 1.62. The molecule has 0 saturated heterocycles. The average Bonchev–Trinajstić information content (AvgIpc) is 3.47. The zero-order valence-electron chi connectivity index (χ0n) is 15.6. The van der Waals surface area contributed by atoms with E-state index in [0.29, 0.717) is 23.8 Å². The summed E-state index contributed by atoms with van der Waals surface area (Å²) in [5, 5.41) is 2.87. The van der Waals surface area contributed by atoms with Gasteiger partial charge in [-0.05, 0) is 48.7 Å². The third kappa shape index (κ3) is 5.37. The summed E-state index contributed by atoms with van der Waals surface area (Å²) in [6.45, 7) is 0.866. The molecule has 2 aromatic carbocycles. The first-order chi connectivity index (χ1) is 12.9. The summed E-state index contributed by atoms with van der Waals surface area (Å²) in [6.07, 6.45) is 2.14. The number of nitrogens with one attached hydrogen (secondary N) is 1. The summed E-state index contributed by atoms with van der Waals surface area (Å²) in [4.78, 5) is 28.2. The largest absolute Gasteiger partial charge is 0.345 e. The highest BCUT2D eigenvalue weighted by Gasteiger charge is 2.30. The smallest absolute Gasteiger partial charge is 0.253 e. The molecule has 2 aromatic rings. The van der Waals surface area contributed by atoms with Crippen LogP contribution in [0.4, 0.5) is 10.1 Å². The number of nitrogens with zero attached hydrogens (tertiary/aromatic N) is 2. The number of carbonyl (C=O) groups excluding carboxylic acids is 2. The molecule has 0 bridgehead atoms. The zero-order valence-corrected chi connectivity index (χ0v) is 15.6. The van der Waals surface area contributed by atoms with Crippen LogP contribution in [0.3, 0.4) is 0 Å². The SMILES string of the molecule is CN(C)C(=O)c1cccc(NC(=O)CN(Cc2ccc(F)cc2)C2CC2)c1. The van der Waals surface area contributed by atoms with Gasteiger partial charge in [-0.25, -0.2) is 4.39 Å². The first-order valence-corrected chi connectivity index (χ1v) is 9.02. The van der Waals surface area contributed by atoms with Crippen LogP contribution in [0.15, 0.2) is 48.5 Å². The lowest BCUT2D eigenvalue weighted by Gasteiger charge is -2.21. The van der Waals surface area contributed by atoms with Crippen molar-refractivity contribution in [1.29, 1.82) is 0 Å². The highest BCUT2D eigenvalue weighted by atomic mass is 19.1. The van der Waals surface area contributed by atoms with E-state index in [2.05, 4.69) is 10.2 Å². The topological polar surface area (TPSA) is 52.7 Å². The summed E-state index contributed by atoms with van der Waals surface area (Å²) < 4.78 is 13.1. The summed E-state index contributed by atoms with van der Waals surface area (Å²) in [5.41, 5.74) is 2.11. The number of hydrogen-bond donors (Lipinski definition) is 1. The second-order valence-electron chi connectivity index (χ2n) is 7.09. The highest BCUT2D eigenvalue weighted by Crippen LogP contribution is 2.28. The quantitative estimate of drug-likeness (QED) is 0.816. The van der Waals surface area contributed by atoms with Gasteiger partial charge in [-0.15, -0.1) is 0 Å². The minimum Gasteiger partial charge on any atom is -0.345 e. The first kappa shape index (κ1) is 19.0. The van der Waals surface area contributed by atoms with Crippen LogP contribution < -0.4 is 5.32 Å². The van der Waals surface area contributed by atoms with E-state index in [1.807, 2.05) is 0 Å². The number of anilines is 1. The molecule has 0 spiro atoms. The minimum atomic E-state index is -0.262. The Morgan fingerprint density at radius 1 is 1.11 bits per heavy atom. The molecule has 0 heterocycles. The average molecular weight is 369 g/mol. The van der Waals surface area contributed by atoms with Gasteiger partial charge in [0.05, 0.1) is 6.54 Å². The maximum Gasteiger partial charge on any atom is 0.253 e. The van der Waals surface area contributed by atoms with E-state index in [9.17, 15) is 14.0 Å². The van der Waals surface area contributed by atoms with Gasteiger partial charge in [-0.2, -0.15) is 0 Å². The van der Waals surface area contributed by atoms with Crippen molar-refractivity contribution in [3.8, 4) is 0 Å². The molecule has 1 aliphatic rings. The van der Waals surface area contributed by atoms with Gasteiger partial charge in [-0.3, -0.25) is 14.5 Å². The number of amides is 2. The predicted molar refractivity (Wildman–Crippen MR) is 103 cm³/mol. The molecule has 6 heteroatoms. The van der Waals surface area contributed by atoms with Crippen LogP contribution in [-0.2, 0) is 11.3 Å². The summed E-state index contributed by atoms with van der Waals surface area (Å²) in [6, 6.07) is 13.7. The fourth-order valence-electron chi connectivity index (χ4n) is 2.95. The molecular weight excluding hydrogens is 345 g/mol. The molecule has 142 valence electrons. The van der Waals surface area contributed by atoms with Gasteiger partial charge in [0.2, 0.25) is 5.91 Å². The van der Waals surface area contributed by atoms with Gasteiger partial charge in [0.15, 0.2) is 0 Å². The van der Waals surface area contributed by atoms with Crippen molar-refractivity contribution < 1.29 is 14.0 Å². The van der Waals surface area contributed by atoms with E-state index in [0.717, 1.165) is 18.4 Å². The Morgan fingerprint density at radius 3 is 2.44 bits per heavy atom. The second kappa shape index (κ2) is 8.31. The summed E-state index contributed by atoms with van der Waals surface area (Å²) in [5.74, 6) is -0.498. The van der Waals surface area contributed by atoms with Crippen LogP contribution >= 0.6 is 0 Å². The molecule has 27 heavy (non-hydrogen) atoms. The molecule has 1 fully saturated rings. The van der Waals surface area contributed by atoms with Crippen molar-refractivity contribution in [1.82, 2.24) is 9.80 Å². The van der Waals surface area contributed by atoms with E-state index in [-0.39, 0.29) is 24.2 Å². The third-order valence-corrected chi connectivity index (χ3v) is 4.51. The van der Waals surface area contributed by atoms with Gasteiger partial charge in [0.1, 0.15) is 5.82 Å². The van der Waals surface area contributed by atoms with Gasteiger partial charge < -0.3 is 10.2 Å². The lowest BCUT2D eigenvalue weighted by molar-refractivity contribution is -0.117. The van der Waals surface area contributed by atoms with Crippen molar-refractivity contribution in [2.45, 2.75) is 25.4 Å². The molecule has 1 saturated carbocycles. The maximum absolute atomic E-state index is 13.1. The Labute approximate surface area is 158 Å². The number of carbonyl (C=O) groups is 2. The molecule has 0 atom stereocenters. The van der Waals surface area contributed by atoms with Crippen molar-refractivity contribution in [2.75, 3.05) is 26.0 Å². The Bertz CT molecular complexity index is 816. The highest BCUT2D eigenvalue weighted by molar-refractivity contribution is 5.97. The lowest BCUT2D eigenvalue weighted by Crippen LogP contribution is -2.34. The number of benzene rings is 2. The van der Waals surface area contributed by atoms with Crippen LogP contribution in [0.2, 0.25) is 0 Å². The molecule has 1 N–H and O–H groups in total. The van der Waals surface area contributed by atoms with Gasteiger partial charge in [-0.1, -0.05) is 18.2 Å². The lowest BCUT2D eigenvalue weighted by atomic mass is 10.1. The summed E-state index contributed by atoms with van der Waals surface area (Å²) >= 11 is 0. The summed E-state index contributed by atoms with van der Waals surface area (Å²) in [7, 11) is 3.38. The molecule has 1 aliphatic carbocycles. The van der Waals surface area contributed by atoms with E-state index < -0.39 is 0 Å². The van der Waals surface area contributed by atoms with Crippen LogP contribution in [0.5, 0.6) is 0 Å². The second-order valence-corrected chi connectivity index (χ2v) is 7.09.